The molecule has 2 amide bonds. The maximum Gasteiger partial charge on any atom is 0.244 e. The van der Waals surface area contributed by atoms with Crippen molar-refractivity contribution in [2.24, 2.45) is 0 Å². The standard InChI is InChI=1S/C22H28ClN3O3/c1-4-13-26(15-21(27)25-19-11-7-8-12-20(19)29-3)22(28)14-24-16(2)17-9-5-6-10-18(17)23/h5-12,16,24H,4,13-15H2,1-3H3,(H,25,27)/t16-/m0/s1. The van der Waals surface area contributed by atoms with E-state index in [1.54, 1.807) is 24.1 Å². The molecule has 0 aromatic heterocycles. The normalized spacial score (nSPS) is 11.6. The Morgan fingerprint density at radius 2 is 1.83 bits per heavy atom. The van der Waals surface area contributed by atoms with Crippen LogP contribution in [0.1, 0.15) is 31.9 Å². The van der Waals surface area contributed by atoms with Crippen molar-refractivity contribution in [2.75, 3.05) is 32.1 Å². The summed E-state index contributed by atoms with van der Waals surface area (Å²) in [5.41, 5.74) is 1.51. The van der Waals surface area contributed by atoms with Crippen molar-refractivity contribution >= 4 is 29.1 Å². The molecule has 6 nitrogen and oxygen atoms in total. The van der Waals surface area contributed by atoms with E-state index in [0.717, 1.165) is 12.0 Å². The number of rotatable bonds is 10. The van der Waals surface area contributed by atoms with Crippen molar-refractivity contribution in [1.29, 1.82) is 0 Å². The first-order chi connectivity index (χ1) is 14.0. The Morgan fingerprint density at radius 3 is 2.52 bits per heavy atom. The number of amides is 2. The fourth-order valence-corrected chi connectivity index (χ4v) is 3.26. The van der Waals surface area contributed by atoms with Gasteiger partial charge in [0.05, 0.1) is 25.9 Å². The Hall–Kier alpha value is -2.57. The zero-order valence-corrected chi connectivity index (χ0v) is 17.8. The van der Waals surface area contributed by atoms with Gasteiger partial charge in [0.2, 0.25) is 11.8 Å². The first kappa shape index (κ1) is 22.7. The average Bonchev–Trinajstić information content (AvgIpc) is 2.72. The first-order valence-corrected chi connectivity index (χ1v) is 10.0. The predicted molar refractivity (Wildman–Crippen MR) is 116 cm³/mol. The highest BCUT2D eigenvalue weighted by Gasteiger charge is 2.18. The molecule has 0 saturated carbocycles. The topological polar surface area (TPSA) is 70.7 Å². The minimum Gasteiger partial charge on any atom is -0.495 e. The Kier molecular flexibility index (Phi) is 8.96. The van der Waals surface area contributed by atoms with E-state index in [9.17, 15) is 9.59 Å². The van der Waals surface area contributed by atoms with E-state index in [0.29, 0.717) is 23.0 Å². The Balaban J connectivity index is 1.94. The van der Waals surface area contributed by atoms with Gasteiger partial charge < -0.3 is 20.3 Å². The molecule has 1 atom stereocenters. The number of hydrogen-bond donors (Lipinski definition) is 2. The summed E-state index contributed by atoms with van der Waals surface area (Å²) < 4.78 is 5.25. The molecule has 0 aliphatic rings. The van der Waals surface area contributed by atoms with Gasteiger partial charge in [0.1, 0.15) is 5.75 Å². The van der Waals surface area contributed by atoms with E-state index in [4.69, 9.17) is 16.3 Å². The highest BCUT2D eigenvalue weighted by Crippen LogP contribution is 2.23. The molecule has 0 saturated heterocycles. The summed E-state index contributed by atoms with van der Waals surface area (Å²) in [5, 5.41) is 6.65. The second kappa shape index (κ2) is 11.4. The highest BCUT2D eigenvalue weighted by atomic mass is 35.5. The summed E-state index contributed by atoms with van der Waals surface area (Å²) in [6.45, 7) is 4.52. The zero-order chi connectivity index (χ0) is 21.2. The molecule has 0 aliphatic heterocycles. The van der Waals surface area contributed by atoms with E-state index in [1.807, 2.05) is 50.2 Å². The van der Waals surface area contributed by atoms with Crippen LogP contribution in [0.15, 0.2) is 48.5 Å². The van der Waals surface area contributed by atoms with Gasteiger partial charge in [-0.05, 0) is 37.1 Å². The molecule has 7 heteroatoms. The van der Waals surface area contributed by atoms with E-state index in [1.165, 1.54) is 0 Å². The van der Waals surface area contributed by atoms with Gasteiger partial charge in [-0.2, -0.15) is 0 Å². The largest absolute Gasteiger partial charge is 0.495 e. The molecular weight excluding hydrogens is 390 g/mol. The molecule has 0 fully saturated rings. The van der Waals surface area contributed by atoms with Crippen molar-refractivity contribution in [1.82, 2.24) is 10.2 Å². The number of methoxy groups -OCH3 is 1. The Morgan fingerprint density at radius 1 is 1.14 bits per heavy atom. The molecule has 0 bridgehead atoms. The van der Waals surface area contributed by atoms with Gasteiger partial charge in [-0.25, -0.2) is 0 Å². The van der Waals surface area contributed by atoms with Gasteiger partial charge in [-0.3, -0.25) is 9.59 Å². The average molecular weight is 418 g/mol. The molecule has 2 N–H and O–H groups in total. The number of hydrogen-bond acceptors (Lipinski definition) is 4. The Bertz CT molecular complexity index is 828. The van der Waals surface area contributed by atoms with E-state index in [-0.39, 0.29) is 30.9 Å². The van der Waals surface area contributed by atoms with Crippen LogP contribution in [-0.2, 0) is 9.59 Å². The van der Waals surface area contributed by atoms with Crippen LogP contribution in [-0.4, -0.2) is 43.5 Å². The molecular formula is C22H28ClN3O3. The van der Waals surface area contributed by atoms with Gasteiger partial charge in [0.15, 0.2) is 0 Å². The molecule has 2 rings (SSSR count). The van der Waals surface area contributed by atoms with Crippen LogP contribution in [0.2, 0.25) is 5.02 Å². The lowest BCUT2D eigenvalue weighted by Crippen LogP contribution is -2.43. The third-order valence-corrected chi connectivity index (χ3v) is 4.84. The smallest absolute Gasteiger partial charge is 0.244 e. The lowest BCUT2D eigenvalue weighted by atomic mass is 10.1. The number of ether oxygens (including phenoxy) is 1. The van der Waals surface area contributed by atoms with Crippen molar-refractivity contribution in [3.8, 4) is 5.75 Å². The van der Waals surface area contributed by atoms with E-state index in [2.05, 4.69) is 10.6 Å². The van der Waals surface area contributed by atoms with Crippen LogP contribution in [0, 0.1) is 0 Å². The number of halogens is 1. The zero-order valence-electron chi connectivity index (χ0n) is 17.1. The van der Waals surface area contributed by atoms with Crippen LogP contribution in [0.4, 0.5) is 5.69 Å². The lowest BCUT2D eigenvalue weighted by Gasteiger charge is -2.23. The summed E-state index contributed by atoms with van der Waals surface area (Å²) >= 11 is 6.22. The van der Waals surface area contributed by atoms with Crippen LogP contribution in [0.25, 0.3) is 0 Å². The van der Waals surface area contributed by atoms with Crippen molar-refractivity contribution < 1.29 is 14.3 Å². The van der Waals surface area contributed by atoms with Gasteiger partial charge in [-0.15, -0.1) is 0 Å². The number of benzene rings is 2. The second-order valence-corrected chi connectivity index (χ2v) is 7.10. The molecule has 29 heavy (non-hydrogen) atoms. The lowest BCUT2D eigenvalue weighted by molar-refractivity contribution is -0.134. The van der Waals surface area contributed by atoms with E-state index >= 15 is 0 Å². The number of anilines is 1. The SMILES string of the molecule is CCCN(CC(=O)Nc1ccccc1OC)C(=O)CN[C@@H](C)c1ccccc1Cl. The quantitative estimate of drug-likeness (QED) is 0.615. The van der Waals surface area contributed by atoms with Gasteiger partial charge in [0.25, 0.3) is 0 Å². The van der Waals surface area contributed by atoms with Crippen LogP contribution >= 0.6 is 11.6 Å². The summed E-state index contributed by atoms with van der Waals surface area (Å²) in [4.78, 5) is 26.7. The minimum atomic E-state index is -0.268. The number of nitrogens with zero attached hydrogens (tertiary/aromatic N) is 1. The van der Waals surface area contributed by atoms with Crippen molar-refractivity contribution in [3.05, 3.63) is 59.1 Å². The minimum absolute atomic E-state index is 0.0210. The predicted octanol–water partition coefficient (Wildman–Crippen LogP) is 3.88. The van der Waals surface area contributed by atoms with Gasteiger partial charge in [-0.1, -0.05) is 48.9 Å². The number of para-hydroxylation sites is 2. The molecule has 2 aromatic rings. The monoisotopic (exact) mass is 417 g/mol. The first-order valence-electron chi connectivity index (χ1n) is 9.64. The summed E-state index contributed by atoms with van der Waals surface area (Å²) in [6.07, 6.45) is 0.758. The van der Waals surface area contributed by atoms with Crippen LogP contribution in [0.3, 0.4) is 0 Å². The molecule has 0 aliphatic carbocycles. The van der Waals surface area contributed by atoms with Gasteiger partial charge in [0, 0.05) is 17.6 Å². The molecule has 156 valence electrons. The number of carbonyl (C=O) groups is 2. The van der Waals surface area contributed by atoms with Gasteiger partial charge >= 0.3 is 0 Å². The maximum absolute atomic E-state index is 12.7. The van der Waals surface area contributed by atoms with Crippen molar-refractivity contribution in [3.63, 3.8) is 0 Å². The third-order valence-electron chi connectivity index (χ3n) is 4.49. The fraction of sp³-hybridized carbons (Fsp3) is 0.364. The van der Waals surface area contributed by atoms with Crippen LogP contribution in [0.5, 0.6) is 5.75 Å². The summed E-state index contributed by atoms with van der Waals surface area (Å²) in [7, 11) is 1.55. The van der Waals surface area contributed by atoms with Crippen molar-refractivity contribution in [2.45, 2.75) is 26.3 Å². The second-order valence-electron chi connectivity index (χ2n) is 6.69. The van der Waals surface area contributed by atoms with Crippen LogP contribution < -0.4 is 15.4 Å². The number of nitrogens with one attached hydrogen (secondary N) is 2. The molecule has 0 heterocycles. The number of carbonyl (C=O) groups excluding carboxylic acids is 2. The maximum atomic E-state index is 12.7. The molecule has 0 unspecified atom stereocenters. The summed E-state index contributed by atoms with van der Waals surface area (Å²) in [6, 6.07) is 14.6. The molecule has 2 aromatic carbocycles. The van der Waals surface area contributed by atoms with E-state index < -0.39 is 0 Å². The Labute approximate surface area is 177 Å². The fourth-order valence-electron chi connectivity index (χ4n) is 2.96. The third kappa shape index (κ3) is 6.76. The molecule has 0 radical (unpaired) electrons. The highest BCUT2D eigenvalue weighted by molar-refractivity contribution is 6.31. The summed E-state index contributed by atoms with van der Waals surface area (Å²) in [5.74, 6) is 0.167. The molecule has 0 spiro atoms.